The first-order valence-corrected chi connectivity index (χ1v) is 5.62. The summed E-state index contributed by atoms with van der Waals surface area (Å²) in [5.41, 5.74) is 6.34. The SMILES string of the molecule is NC(=O)[C@@H]1COCC(=O)[C@H]1Cc1ccccc1. The van der Waals surface area contributed by atoms with Gasteiger partial charge in [-0.1, -0.05) is 30.3 Å². The number of amides is 1. The van der Waals surface area contributed by atoms with Gasteiger partial charge in [0, 0.05) is 5.92 Å². The maximum absolute atomic E-state index is 11.8. The number of ketones is 1. The van der Waals surface area contributed by atoms with Crippen LogP contribution < -0.4 is 5.73 Å². The van der Waals surface area contributed by atoms with Crippen molar-refractivity contribution < 1.29 is 14.3 Å². The normalized spacial score (nSPS) is 24.6. The van der Waals surface area contributed by atoms with Gasteiger partial charge in [-0.05, 0) is 12.0 Å². The molecule has 1 aromatic rings. The molecule has 1 saturated heterocycles. The van der Waals surface area contributed by atoms with E-state index in [-0.39, 0.29) is 24.9 Å². The fraction of sp³-hybridized carbons (Fsp3) is 0.385. The number of primary amides is 1. The number of nitrogens with two attached hydrogens (primary N) is 1. The zero-order chi connectivity index (χ0) is 12.3. The van der Waals surface area contributed by atoms with Crippen molar-refractivity contribution in [3.8, 4) is 0 Å². The largest absolute Gasteiger partial charge is 0.373 e. The second-order valence-corrected chi connectivity index (χ2v) is 4.29. The van der Waals surface area contributed by atoms with E-state index < -0.39 is 11.8 Å². The molecule has 90 valence electrons. The van der Waals surface area contributed by atoms with Gasteiger partial charge in [0.05, 0.1) is 12.5 Å². The number of benzene rings is 1. The fourth-order valence-electron chi connectivity index (χ4n) is 2.14. The van der Waals surface area contributed by atoms with Crippen LogP contribution in [0.4, 0.5) is 0 Å². The summed E-state index contributed by atoms with van der Waals surface area (Å²) < 4.78 is 5.07. The molecule has 17 heavy (non-hydrogen) atoms. The van der Waals surface area contributed by atoms with Crippen molar-refractivity contribution in [3.63, 3.8) is 0 Å². The van der Waals surface area contributed by atoms with Gasteiger partial charge in [0.25, 0.3) is 0 Å². The zero-order valence-corrected chi connectivity index (χ0v) is 9.46. The van der Waals surface area contributed by atoms with Crippen LogP contribution in [0.25, 0.3) is 0 Å². The first-order valence-electron chi connectivity index (χ1n) is 5.62. The third-order valence-electron chi connectivity index (χ3n) is 3.10. The molecule has 4 heteroatoms. The van der Waals surface area contributed by atoms with Crippen LogP contribution >= 0.6 is 0 Å². The summed E-state index contributed by atoms with van der Waals surface area (Å²) in [4.78, 5) is 23.1. The molecule has 0 bridgehead atoms. The second kappa shape index (κ2) is 5.10. The highest BCUT2D eigenvalue weighted by molar-refractivity contribution is 5.90. The van der Waals surface area contributed by atoms with E-state index in [1.807, 2.05) is 30.3 Å². The van der Waals surface area contributed by atoms with Crippen LogP contribution in [-0.2, 0) is 20.7 Å². The van der Waals surface area contributed by atoms with Crippen molar-refractivity contribution >= 4 is 11.7 Å². The molecule has 0 spiro atoms. The summed E-state index contributed by atoms with van der Waals surface area (Å²) in [7, 11) is 0. The molecule has 4 nitrogen and oxygen atoms in total. The van der Waals surface area contributed by atoms with Gasteiger partial charge < -0.3 is 10.5 Å². The number of ether oxygens (including phenoxy) is 1. The van der Waals surface area contributed by atoms with E-state index in [9.17, 15) is 9.59 Å². The summed E-state index contributed by atoms with van der Waals surface area (Å²) >= 11 is 0. The Labute approximate surface area is 99.8 Å². The van der Waals surface area contributed by atoms with Gasteiger partial charge in [0.1, 0.15) is 6.61 Å². The maximum atomic E-state index is 11.8. The van der Waals surface area contributed by atoms with Crippen molar-refractivity contribution in [2.75, 3.05) is 13.2 Å². The fourth-order valence-corrected chi connectivity index (χ4v) is 2.14. The average Bonchev–Trinajstić information content (AvgIpc) is 2.33. The number of hydrogen-bond donors (Lipinski definition) is 1. The Kier molecular flexibility index (Phi) is 3.54. The summed E-state index contributed by atoms with van der Waals surface area (Å²) in [5.74, 6) is -1.34. The summed E-state index contributed by atoms with van der Waals surface area (Å²) in [6, 6.07) is 9.64. The monoisotopic (exact) mass is 233 g/mol. The lowest BCUT2D eigenvalue weighted by molar-refractivity contribution is -0.144. The Balaban J connectivity index is 2.15. The molecule has 1 aliphatic rings. The van der Waals surface area contributed by atoms with E-state index in [0.717, 1.165) is 5.56 Å². The quantitative estimate of drug-likeness (QED) is 0.828. The standard InChI is InChI=1S/C13H15NO3/c14-13(16)11-7-17-8-12(15)10(11)6-9-4-2-1-3-5-9/h1-5,10-11H,6-8H2,(H2,14,16)/t10-,11+/m0/s1. The maximum Gasteiger partial charge on any atom is 0.223 e. The minimum absolute atomic E-state index is 0.0381. The summed E-state index contributed by atoms with van der Waals surface area (Å²) in [6.45, 7) is 0.333. The van der Waals surface area contributed by atoms with Crippen molar-refractivity contribution in [2.24, 2.45) is 17.6 Å². The lowest BCUT2D eigenvalue weighted by Gasteiger charge is -2.28. The molecule has 2 N–H and O–H groups in total. The Morgan fingerprint density at radius 2 is 2.06 bits per heavy atom. The van der Waals surface area contributed by atoms with Crippen molar-refractivity contribution in [3.05, 3.63) is 35.9 Å². The Bertz CT molecular complexity index is 416. The van der Waals surface area contributed by atoms with Crippen LogP contribution in [0.15, 0.2) is 30.3 Å². The Morgan fingerprint density at radius 3 is 2.71 bits per heavy atom. The third kappa shape index (κ3) is 2.71. The number of Topliss-reactive ketones (excluding diaryl/α,β-unsaturated/α-hetero) is 1. The van der Waals surface area contributed by atoms with Gasteiger partial charge in [-0.2, -0.15) is 0 Å². The van der Waals surface area contributed by atoms with Gasteiger partial charge in [-0.3, -0.25) is 9.59 Å². The predicted octanol–water partition coefficient (Wildman–Crippen LogP) is 0.546. The summed E-state index contributed by atoms with van der Waals surface area (Å²) in [6.07, 6.45) is 0.552. The van der Waals surface area contributed by atoms with E-state index >= 15 is 0 Å². The van der Waals surface area contributed by atoms with E-state index in [4.69, 9.17) is 10.5 Å². The Hall–Kier alpha value is -1.68. The molecular weight excluding hydrogens is 218 g/mol. The van der Waals surface area contributed by atoms with E-state index in [2.05, 4.69) is 0 Å². The first-order chi connectivity index (χ1) is 8.18. The number of hydrogen-bond acceptors (Lipinski definition) is 3. The first kappa shape index (κ1) is 11.8. The molecule has 1 aromatic carbocycles. The summed E-state index contributed by atoms with van der Waals surface area (Å²) in [5, 5.41) is 0. The minimum Gasteiger partial charge on any atom is -0.373 e. The van der Waals surface area contributed by atoms with Gasteiger partial charge >= 0.3 is 0 Å². The van der Waals surface area contributed by atoms with Crippen LogP contribution in [0.5, 0.6) is 0 Å². The molecule has 2 rings (SSSR count). The van der Waals surface area contributed by atoms with E-state index in [1.54, 1.807) is 0 Å². The number of rotatable bonds is 3. The highest BCUT2D eigenvalue weighted by Crippen LogP contribution is 2.23. The van der Waals surface area contributed by atoms with E-state index in [0.29, 0.717) is 6.42 Å². The molecule has 2 atom stereocenters. The minimum atomic E-state index is -0.503. The third-order valence-corrected chi connectivity index (χ3v) is 3.10. The van der Waals surface area contributed by atoms with Crippen LogP contribution in [0, 0.1) is 11.8 Å². The van der Waals surface area contributed by atoms with Crippen molar-refractivity contribution in [1.29, 1.82) is 0 Å². The number of carbonyl (C=O) groups excluding carboxylic acids is 2. The van der Waals surface area contributed by atoms with Gasteiger partial charge in [-0.25, -0.2) is 0 Å². The molecule has 0 saturated carbocycles. The van der Waals surface area contributed by atoms with Crippen LogP contribution in [-0.4, -0.2) is 24.9 Å². The molecule has 1 fully saturated rings. The van der Waals surface area contributed by atoms with Crippen molar-refractivity contribution in [2.45, 2.75) is 6.42 Å². The van der Waals surface area contributed by atoms with Gasteiger partial charge in [-0.15, -0.1) is 0 Å². The Morgan fingerprint density at radius 1 is 1.35 bits per heavy atom. The molecule has 0 radical (unpaired) electrons. The van der Waals surface area contributed by atoms with Gasteiger partial charge in [0.15, 0.2) is 5.78 Å². The number of carbonyl (C=O) groups is 2. The molecule has 0 unspecified atom stereocenters. The highest BCUT2D eigenvalue weighted by Gasteiger charge is 2.36. The molecule has 1 aliphatic heterocycles. The molecule has 1 amide bonds. The molecule has 1 heterocycles. The lowest BCUT2D eigenvalue weighted by atomic mass is 9.82. The zero-order valence-electron chi connectivity index (χ0n) is 9.46. The lowest BCUT2D eigenvalue weighted by Crippen LogP contribution is -2.44. The smallest absolute Gasteiger partial charge is 0.223 e. The topological polar surface area (TPSA) is 69.4 Å². The van der Waals surface area contributed by atoms with Crippen molar-refractivity contribution in [1.82, 2.24) is 0 Å². The van der Waals surface area contributed by atoms with Crippen LogP contribution in [0.1, 0.15) is 5.56 Å². The van der Waals surface area contributed by atoms with Gasteiger partial charge in [0.2, 0.25) is 5.91 Å². The van der Waals surface area contributed by atoms with E-state index in [1.165, 1.54) is 0 Å². The molecule has 0 aliphatic carbocycles. The second-order valence-electron chi connectivity index (χ2n) is 4.29. The molecular formula is C13H15NO3. The van der Waals surface area contributed by atoms with Crippen LogP contribution in [0.3, 0.4) is 0 Å². The average molecular weight is 233 g/mol. The molecule has 0 aromatic heterocycles. The predicted molar refractivity (Wildman–Crippen MR) is 62.1 cm³/mol. The highest BCUT2D eigenvalue weighted by atomic mass is 16.5. The van der Waals surface area contributed by atoms with Crippen LogP contribution in [0.2, 0.25) is 0 Å².